The predicted octanol–water partition coefficient (Wildman–Crippen LogP) is 1.39. The highest BCUT2D eigenvalue weighted by molar-refractivity contribution is 5.78. The van der Waals surface area contributed by atoms with Gasteiger partial charge >= 0.3 is 0 Å². The molecular weight excluding hydrogens is 394 g/mol. The Hall–Kier alpha value is -3.21. The Morgan fingerprint density at radius 1 is 0.750 bits per heavy atom. The third-order valence-corrected chi connectivity index (χ3v) is 6.16. The molecule has 0 saturated carbocycles. The van der Waals surface area contributed by atoms with E-state index in [2.05, 4.69) is 66.0 Å². The lowest BCUT2D eigenvalue weighted by molar-refractivity contribution is -1.01. The molecule has 0 spiro atoms. The Morgan fingerprint density at radius 2 is 1.25 bits per heavy atom. The molecule has 0 bridgehead atoms. The molecule has 164 valence electrons. The molecule has 4 heteroatoms. The molecule has 1 aliphatic rings. The van der Waals surface area contributed by atoms with Crippen LogP contribution < -0.4 is 15.1 Å². The van der Waals surface area contributed by atoms with E-state index in [1.807, 2.05) is 42.5 Å². The lowest BCUT2D eigenvalue weighted by Gasteiger charge is -2.29. The van der Waals surface area contributed by atoms with Crippen molar-refractivity contribution in [1.29, 1.82) is 0 Å². The van der Waals surface area contributed by atoms with Crippen LogP contribution in [-0.4, -0.2) is 45.2 Å². The van der Waals surface area contributed by atoms with Gasteiger partial charge in [-0.25, -0.2) is 0 Å². The molecule has 0 aliphatic carbocycles. The Bertz CT molecular complexity index is 941. The number of carbonyl (C=O) groups is 1. The molecule has 0 unspecified atom stereocenters. The molecule has 1 aliphatic heterocycles. The molecule has 1 saturated heterocycles. The number of amides is 1. The molecule has 3 N–H and O–H groups in total. The van der Waals surface area contributed by atoms with Crippen molar-refractivity contribution in [3.8, 4) is 0 Å². The summed E-state index contributed by atoms with van der Waals surface area (Å²) in [5.41, 5.74) is 3.47. The third kappa shape index (κ3) is 6.39. The summed E-state index contributed by atoms with van der Waals surface area (Å²) >= 11 is 0. The zero-order chi connectivity index (χ0) is 22.0. The molecular formula is C28H33N3O+2. The molecule has 0 aromatic heterocycles. The number of carbonyl (C=O) groups excluding carboxylic acids is 1. The van der Waals surface area contributed by atoms with Crippen molar-refractivity contribution in [2.45, 2.75) is 6.04 Å². The summed E-state index contributed by atoms with van der Waals surface area (Å²) in [4.78, 5) is 15.9. The number of nitrogens with one attached hydrogen (secondary N) is 3. The van der Waals surface area contributed by atoms with E-state index < -0.39 is 0 Å². The van der Waals surface area contributed by atoms with Gasteiger partial charge in [-0.3, -0.25) is 4.79 Å². The van der Waals surface area contributed by atoms with E-state index >= 15 is 0 Å². The van der Waals surface area contributed by atoms with Crippen LogP contribution in [0.15, 0.2) is 97.1 Å². The van der Waals surface area contributed by atoms with Gasteiger partial charge in [0.2, 0.25) is 0 Å². The number of benzene rings is 3. The summed E-state index contributed by atoms with van der Waals surface area (Å²) in [5, 5.41) is 3.28. The fourth-order valence-corrected chi connectivity index (χ4v) is 4.35. The third-order valence-electron chi connectivity index (χ3n) is 6.16. The zero-order valence-corrected chi connectivity index (χ0v) is 18.5. The summed E-state index contributed by atoms with van der Waals surface area (Å²) < 4.78 is 0. The topological polar surface area (TPSA) is 38.0 Å². The van der Waals surface area contributed by atoms with Gasteiger partial charge < -0.3 is 15.1 Å². The number of hydrogen-bond donors (Lipinski definition) is 3. The summed E-state index contributed by atoms with van der Waals surface area (Å²) in [7, 11) is 0. The van der Waals surface area contributed by atoms with Crippen molar-refractivity contribution in [2.24, 2.45) is 0 Å². The number of piperazine rings is 1. The lowest BCUT2D eigenvalue weighted by Crippen LogP contribution is -3.28. The first-order valence-corrected chi connectivity index (χ1v) is 11.6. The van der Waals surface area contributed by atoms with Crippen LogP contribution in [0.4, 0.5) is 0 Å². The predicted molar refractivity (Wildman–Crippen MR) is 129 cm³/mol. The molecule has 1 heterocycles. The standard InChI is InChI=1S/C28H31N3O/c32-27(29-28(25-14-6-2-7-15-25)26-16-8-3-9-17-26)23-31-21-19-30(20-22-31)18-10-13-24-11-4-1-5-12-24/h1-17,28H,18-23H2,(H,29,32)/p+2/b13-10+. The van der Waals surface area contributed by atoms with E-state index in [1.54, 1.807) is 4.90 Å². The van der Waals surface area contributed by atoms with E-state index in [0.29, 0.717) is 6.54 Å². The first kappa shape index (κ1) is 22.0. The average molecular weight is 428 g/mol. The van der Waals surface area contributed by atoms with Gasteiger partial charge in [0.25, 0.3) is 5.91 Å². The highest BCUT2D eigenvalue weighted by Crippen LogP contribution is 2.21. The second-order valence-corrected chi connectivity index (χ2v) is 8.52. The maximum Gasteiger partial charge on any atom is 0.275 e. The summed E-state index contributed by atoms with van der Waals surface area (Å²) in [6, 6.07) is 30.8. The fourth-order valence-electron chi connectivity index (χ4n) is 4.35. The maximum absolute atomic E-state index is 12.9. The molecule has 1 fully saturated rings. The summed E-state index contributed by atoms with van der Waals surface area (Å²) in [6.45, 7) is 5.83. The minimum atomic E-state index is -0.112. The van der Waals surface area contributed by atoms with Crippen molar-refractivity contribution in [3.63, 3.8) is 0 Å². The van der Waals surface area contributed by atoms with Gasteiger partial charge in [-0.05, 0) is 22.8 Å². The normalized spacial score (nSPS) is 18.7. The van der Waals surface area contributed by atoms with Gasteiger partial charge in [0, 0.05) is 0 Å². The van der Waals surface area contributed by atoms with E-state index in [9.17, 15) is 4.79 Å². The van der Waals surface area contributed by atoms with Gasteiger partial charge in [0.1, 0.15) is 26.2 Å². The SMILES string of the molecule is O=C(C[NH+]1CC[NH+](C/C=C/c2ccccc2)CC1)NC(c1ccccc1)c1ccccc1. The van der Waals surface area contributed by atoms with Crippen molar-refractivity contribution >= 4 is 12.0 Å². The van der Waals surface area contributed by atoms with Gasteiger partial charge in [-0.15, -0.1) is 0 Å². The Kier molecular flexibility index (Phi) is 7.85. The molecule has 4 nitrogen and oxygen atoms in total. The molecule has 0 atom stereocenters. The smallest absolute Gasteiger partial charge is 0.275 e. The summed E-state index contributed by atoms with van der Waals surface area (Å²) in [5.74, 6) is 0.116. The summed E-state index contributed by atoms with van der Waals surface area (Å²) in [6.07, 6.45) is 4.47. The fraction of sp³-hybridized carbons (Fsp3) is 0.250. The van der Waals surface area contributed by atoms with Crippen LogP contribution in [0.2, 0.25) is 0 Å². The van der Waals surface area contributed by atoms with Crippen molar-refractivity contribution in [1.82, 2.24) is 5.32 Å². The van der Waals surface area contributed by atoms with Crippen molar-refractivity contribution in [2.75, 3.05) is 39.3 Å². The molecule has 0 radical (unpaired) electrons. The Morgan fingerprint density at radius 3 is 1.81 bits per heavy atom. The van der Waals surface area contributed by atoms with Crippen LogP contribution in [-0.2, 0) is 4.79 Å². The van der Waals surface area contributed by atoms with Gasteiger partial charge in [0.05, 0.1) is 12.6 Å². The number of hydrogen-bond acceptors (Lipinski definition) is 1. The van der Waals surface area contributed by atoms with Crippen LogP contribution in [0.25, 0.3) is 6.08 Å². The van der Waals surface area contributed by atoms with Crippen LogP contribution in [0, 0.1) is 0 Å². The van der Waals surface area contributed by atoms with Crippen LogP contribution in [0.5, 0.6) is 0 Å². The monoisotopic (exact) mass is 427 g/mol. The number of quaternary nitrogens is 2. The highest BCUT2D eigenvalue weighted by Gasteiger charge is 2.25. The second kappa shape index (κ2) is 11.4. The quantitative estimate of drug-likeness (QED) is 0.500. The molecule has 3 aromatic rings. The highest BCUT2D eigenvalue weighted by atomic mass is 16.2. The molecule has 4 rings (SSSR count). The zero-order valence-electron chi connectivity index (χ0n) is 18.5. The van der Waals surface area contributed by atoms with Gasteiger partial charge in [-0.2, -0.15) is 0 Å². The first-order valence-electron chi connectivity index (χ1n) is 11.6. The van der Waals surface area contributed by atoms with Gasteiger partial charge in [-0.1, -0.05) is 97.1 Å². The van der Waals surface area contributed by atoms with E-state index in [0.717, 1.165) is 43.9 Å². The Balaban J connectivity index is 1.27. The average Bonchev–Trinajstić information content (AvgIpc) is 2.85. The van der Waals surface area contributed by atoms with Crippen LogP contribution >= 0.6 is 0 Å². The lowest BCUT2D eigenvalue weighted by atomic mass is 9.99. The van der Waals surface area contributed by atoms with Crippen molar-refractivity contribution < 1.29 is 14.6 Å². The molecule has 3 aromatic carbocycles. The first-order chi connectivity index (χ1) is 15.8. The largest absolute Gasteiger partial charge is 0.340 e. The van der Waals surface area contributed by atoms with Crippen LogP contribution in [0.1, 0.15) is 22.7 Å². The van der Waals surface area contributed by atoms with E-state index in [1.165, 1.54) is 10.5 Å². The second-order valence-electron chi connectivity index (χ2n) is 8.52. The van der Waals surface area contributed by atoms with Crippen molar-refractivity contribution in [3.05, 3.63) is 114 Å². The van der Waals surface area contributed by atoms with Crippen LogP contribution in [0.3, 0.4) is 0 Å². The van der Waals surface area contributed by atoms with Gasteiger partial charge in [0.15, 0.2) is 6.54 Å². The maximum atomic E-state index is 12.9. The molecule has 32 heavy (non-hydrogen) atoms. The van der Waals surface area contributed by atoms with E-state index in [4.69, 9.17) is 0 Å². The van der Waals surface area contributed by atoms with E-state index in [-0.39, 0.29) is 11.9 Å². The minimum absolute atomic E-state index is 0.112. The minimum Gasteiger partial charge on any atom is -0.340 e. The molecule has 1 amide bonds. The Labute approximate surface area is 191 Å². The number of rotatable bonds is 8.